The van der Waals surface area contributed by atoms with Gasteiger partial charge in [-0.3, -0.25) is 4.79 Å². The fraction of sp³-hybridized carbons (Fsp3) is 0.0455. The molecule has 30 heavy (non-hydrogen) atoms. The lowest BCUT2D eigenvalue weighted by Crippen LogP contribution is -2.21. The van der Waals surface area contributed by atoms with Gasteiger partial charge in [0.25, 0.3) is 5.91 Å². The van der Waals surface area contributed by atoms with Crippen molar-refractivity contribution in [2.45, 2.75) is 0 Å². The van der Waals surface area contributed by atoms with E-state index in [4.69, 9.17) is 9.47 Å². The van der Waals surface area contributed by atoms with Crippen LogP contribution in [0.5, 0.6) is 11.5 Å². The molecule has 4 rings (SSSR count). The van der Waals surface area contributed by atoms with E-state index < -0.39 is 18.5 Å². The highest BCUT2D eigenvalue weighted by atomic mass is 32.1. The maximum Gasteiger partial charge on any atom is 0.358 e. The molecular formula is C22H16N2O4S2. The third-order valence-corrected chi connectivity index (χ3v) is 5.52. The molecule has 0 aliphatic carbocycles. The van der Waals surface area contributed by atoms with Gasteiger partial charge in [-0.25, -0.2) is 9.78 Å². The molecule has 2 heterocycles. The van der Waals surface area contributed by atoms with E-state index in [0.29, 0.717) is 17.2 Å². The minimum absolute atomic E-state index is 0.182. The number of thiazole rings is 1. The molecule has 0 spiro atoms. The number of hydrogen-bond donors (Lipinski definition) is 1. The van der Waals surface area contributed by atoms with E-state index in [9.17, 15) is 9.59 Å². The van der Waals surface area contributed by atoms with Gasteiger partial charge in [0.05, 0.1) is 5.69 Å². The van der Waals surface area contributed by atoms with E-state index in [1.807, 2.05) is 47.2 Å². The van der Waals surface area contributed by atoms with E-state index in [-0.39, 0.29) is 5.69 Å². The molecular weight excluding hydrogens is 420 g/mol. The van der Waals surface area contributed by atoms with Crippen LogP contribution in [0.3, 0.4) is 0 Å². The summed E-state index contributed by atoms with van der Waals surface area (Å²) in [5, 5.41) is 8.96. The number of para-hydroxylation sites is 3. The van der Waals surface area contributed by atoms with Crippen molar-refractivity contribution in [2.75, 3.05) is 11.9 Å². The number of thiophene rings is 1. The predicted octanol–water partition coefficient (Wildman–Crippen LogP) is 5.46. The number of nitrogens with one attached hydrogen (secondary N) is 1. The van der Waals surface area contributed by atoms with Gasteiger partial charge in [-0.05, 0) is 35.7 Å². The number of amides is 1. The van der Waals surface area contributed by atoms with Gasteiger partial charge < -0.3 is 14.8 Å². The van der Waals surface area contributed by atoms with Gasteiger partial charge in [0.1, 0.15) is 10.8 Å². The van der Waals surface area contributed by atoms with Crippen LogP contribution in [0.2, 0.25) is 0 Å². The predicted molar refractivity (Wildman–Crippen MR) is 117 cm³/mol. The molecule has 0 unspecified atom stereocenters. The lowest BCUT2D eigenvalue weighted by atomic mass is 10.3. The van der Waals surface area contributed by atoms with Crippen LogP contribution in [-0.2, 0) is 9.53 Å². The minimum Gasteiger partial charge on any atom is -0.455 e. The molecule has 1 amide bonds. The summed E-state index contributed by atoms with van der Waals surface area (Å²) in [5.41, 5.74) is 1.62. The van der Waals surface area contributed by atoms with Gasteiger partial charge >= 0.3 is 5.97 Å². The summed E-state index contributed by atoms with van der Waals surface area (Å²) in [5.74, 6) is 0.0244. The Morgan fingerprint density at radius 3 is 2.57 bits per heavy atom. The molecule has 150 valence electrons. The van der Waals surface area contributed by atoms with E-state index in [0.717, 1.165) is 10.6 Å². The number of nitrogens with zero attached hydrogens (tertiary/aromatic N) is 1. The smallest absolute Gasteiger partial charge is 0.358 e. The second-order valence-corrected chi connectivity index (χ2v) is 7.72. The van der Waals surface area contributed by atoms with Gasteiger partial charge in [-0.1, -0.05) is 30.3 Å². The van der Waals surface area contributed by atoms with Crippen LogP contribution in [0.1, 0.15) is 10.5 Å². The summed E-state index contributed by atoms with van der Waals surface area (Å²) >= 11 is 2.91. The van der Waals surface area contributed by atoms with Crippen molar-refractivity contribution in [1.82, 2.24) is 4.98 Å². The van der Waals surface area contributed by atoms with E-state index in [1.165, 1.54) is 11.3 Å². The molecule has 0 saturated carbocycles. The first-order valence-corrected chi connectivity index (χ1v) is 10.8. The van der Waals surface area contributed by atoms with Crippen LogP contribution in [0, 0.1) is 0 Å². The molecule has 2 aromatic heterocycles. The van der Waals surface area contributed by atoms with Crippen LogP contribution < -0.4 is 10.1 Å². The average Bonchev–Trinajstić information content (AvgIpc) is 3.46. The van der Waals surface area contributed by atoms with Gasteiger partial charge in [0, 0.05) is 16.3 Å². The highest BCUT2D eigenvalue weighted by molar-refractivity contribution is 7.14. The second-order valence-electron chi connectivity index (χ2n) is 6.09. The van der Waals surface area contributed by atoms with Gasteiger partial charge in [0.15, 0.2) is 18.1 Å². The first-order chi connectivity index (χ1) is 14.7. The number of anilines is 1. The molecule has 1 N–H and O–H groups in total. The van der Waals surface area contributed by atoms with Crippen molar-refractivity contribution < 1.29 is 19.1 Å². The fourth-order valence-electron chi connectivity index (χ4n) is 2.55. The molecule has 0 atom stereocenters. The monoisotopic (exact) mass is 436 g/mol. The Labute approximate surface area is 180 Å². The van der Waals surface area contributed by atoms with E-state index >= 15 is 0 Å². The highest BCUT2D eigenvalue weighted by Gasteiger charge is 2.16. The number of aromatic nitrogens is 1. The maximum atomic E-state index is 12.3. The molecule has 0 aliphatic heterocycles. The van der Waals surface area contributed by atoms with Gasteiger partial charge in [-0.15, -0.1) is 11.3 Å². The van der Waals surface area contributed by atoms with Crippen LogP contribution in [0.25, 0.3) is 10.6 Å². The maximum absolute atomic E-state index is 12.3. The molecule has 8 heteroatoms. The van der Waals surface area contributed by atoms with Crippen LogP contribution >= 0.6 is 22.7 Å². The topological polar surface area (TPSA) is 77.5 Å². The standard InChI is InChI=1S/C22H16N2O4S2/c25-20(12-27-22(26)18-14-30-21(24-18)15-10-11-29-13-15)23-17-8-4-5-9-19(17)28-16-6-2-1-3-7-16/h1-11,13-14H,12H2,(H,23,25). The zero-order chi connectivity index (χ0) is 20.8. The molecule has 0 aliphatic rings. The first kappa shape index (κ1) is 19.8. The van der Waals surface area contributed by atoms with Crippen molar-refractivity contribution in [2.24, 2.45) is 0 Å². The SMILES string of the molecule is O=C(COC(=O)c1csc(-c2ccsc2)n1)Nc1ccccc1Oc1ccccc1. The van der Waals surface area contributed by atoms with Crippen molar-refractivity contribution in [3.8, 4) is 22.1 Å². The summed E-state index contributed by atoms with van der Waals surface area (Å²) in [6, 6.07) is 18.2. The Bertz CT molecular complexity index is 1140. The van der Waals surface area contributed by atoms with Crippen LogP contribution in [0.15, 0.2) is 76.8 Å². The Morgan fingerprint density at radius 1 is 0.967 bits per heavy atom. The molecule has 4 aromatic rings. The Hall–Kier alpha value is -3.49. The minimum atomic E-state index is -0.642. The zero-order valence-electron chi connectivity index (χ0n) is 15.6. The zero-order valence-corrected chi connectivity index (χ0v) is 17.2. The van der Waals surface area contributed by atoms with Gasteiger partial charge in [-0.2, -0.15) is 11.3 Å². The molecule has 0 radical (unpaired) electrons. The number of carbonyl (C=O) groups excluding carboxylic acids is 2. The lowest BCUT2D eigenvalue weighted by Gasteiger charge is -2.12. The molecule has 2 aromatic carbocycles. The molecule has 6 nitrogen and oxygen atoms in total. The third-order valence-electron chi connectivity index (χ3n) is 3.95. The Balaban J connectivity index is 1.35. The summed E-state index contributed by atoms with van der Waals surface area (Å²) in [6.07, 6.45) is 0. The largest absolute Gasteiger partial charge is 0.455 e. The number of esters is 1. The van der Waals surface area contributed by atoms with Gasteiger partial charge in [0.2, 0.25) is 0 Å². The number of ether oxygens (including phenoxy) is 2. The summed E-state index contributed by atoms with van der Waals surface area (Å²) in [6.45, 7) is -0.427. The number of benzene rings is 2. The van der Waals surface area contributed by atoms with Crippen molar-refractivity contribution in [3.05, 3.63) is 82.5 Å². The lowest BCUT2D eigenvalue weighted by molar-refractivity contribution is -0.119. The van der Waals surface area contributed by atoms with E-state index in [2.05, 4.69) is 10.3 Å². The second kappa shape index (κ2) is 9.34. The summed E-state index contributed by atoms with van der Waals surface area (Å²) in [4.78, 5) is 28.8. The quantitative estimate of drug-likeness (QED) is 0.389. The number of hydrogen-bond acceptors (Lipinski definition) is 7. The molecule has 0 bridgehead atoms. The molecule has 0 fully saturated rings. The van der Waals surface area contributed by atoms with Crippen LogP contribution in [-0.4, -0.2) is 23.5 Å². The normalized spacial score (nSPS) is 10.4. The van der Waals surface area contributed by atoms with Crippen molar-refractivity contribution in [3.63, 3.8) is 0 Å². The fourth-order valence-corrected chi connectivity index (χ4v) is 4.05. The summed E-state index contributed by atoms with van der Waals surface area (Å²) < 4.78 is 10.9. The van der Waals surface area contributed by atoms with Crippen molar-refractivity contribution in [1.29, 1.82) is 0 Å². The Kier molecular flexibility index (Phi) is 6.17. The van der Waals surface area contributed by atoms with Crippen LogP contribution in [0.4, 0.5) is 5.69 Å². The first-order valence-electron chi connectivity index (χ1n) is 8.96. The summed E-state index contributed by atoms with van der Waals surface area (Å²) in [7, 11) is 0. The Morgan fingerprint density at radius 2 is 1.77 bits per heavy atom. The molecule has 0 saturated heterocycles. The number of carbonyl (C=O) groups is 2. The number of rotatable bonds is 7. The van der Waals surface area contributed by atoms with Crippen molar-refractivity contribution >= 4 is 40.2 Å². The average molecular weight is 437 g/mol. The highest BCUT2D eigenvalue weighted by Crippen LogP contribution is 2.29. The van der Waals surface area contributed by atoms with E-state index in [1.54, 1.807) is 41.0 Å². The third kappa shape index (κ3) is 4.91.